The zero-order valence-electron chi connectivity index (χ0n) is 12.7. The summed E-state index contributed by atoms with van der Waals surface area (Å²) >= 11 is 0. The Hall–Kier alpha value is -2.29. The second-order valence-electron chi connectivity index (χ2n) is 4.97. The number of aryl methyl sites for hydroxylation is 2. The molecule has 0 bridgehead atoms. The maximum Gasteiger partial charge on any atom is 0.163 e. The van der Waals surface area contributed by atoms with Gasteiger partial charge in [0.2, 0.25) is 0 Å². The summed E-state index contributed by atoms with van der Waals surface area (Å²) < 4.78 is 11.4. The van der Waals surface area contributed by atoms with Gasteiger partial charge in [-0.2, -0.15) is 0 Å². The average Bonchev–Trinajstić information content (AvgIpc) is 2.46. The Kier molecular flexibility index (Phi) is 4.99. The van der Waals surface area contributed by atoms with Crippen molar-refractivity contribution in [3.05, 3.63) is 59.2 Å². The quantitative estimate of drug-likeness (QED) is 0.595. The number of ether oxygens (including phenoxy) is 2. The standard InChI is InChI=1S/C18H20O3/c1-13-7-6-8-14(2)18(13)21-12-11-20-17-10-5-4-9-16(17)15(3)19/h4-10H,11-12H2,1-3H3. The second kappa shape index (κ2) is 6.93. The van der Waals surface area contributed by atoms with E-state index in [4.69, 9.17) is 9.47 Å². The van der Waals surface area contributed by atoms with Crippen LogP contribution in [0.3, 0.4) is 0 Å². The fourth-order valence-corrected chi connectivity index (χ4v) is 2.21. The minimum Gasteiger partial charge on any atom is -0.489 e. The molecule has 3 nitrogen and oxygen atoms in total. The van der Waals surface area contributed by atoms with Crippen LogP contribution < -0.4 is 9.47 Å². The highest BCUT2D eigenvalue weighted by Gasteiger charge is 2.07. The van der Waals surface area contributed by atoms with Crippen LogP contribution in [0.1, 0.15) is 28.4 Å². The van der Waals surface area contributed by atoms with Gasteiger partial charge in [-0.05, 0) is 44.0 Å². The third-order valence-electron chi connectivity index (χ3n) is 3.26. The minimum atomic E-state index is 0.00117. The molecule has 0 aromatic heterocycles. The molecule has 0 heterocycles. The number of carbonyl (C=O) groups excluding carboxylic acids is 1. The van der Waals surface area contributed by atoms with Crippen LogP contribution in [0, 0.1) is 13.8 Å². The molecule has 0 N–H and O–H groups in total. The fourth-order valence-electron chi connectivity index (χ4n) is 2.21. The summed E-state index contributed by atoms with van der Waals surface area (Å²) in [6, 6.07) is 13.3. The van der Waals surface area contributed by atoms with Crippen LogP contribution in [0.4, 0.5) is 0 Å². The molecule has 0 aliphatic heterocycles. The SMILES string of the molecule is CC(=O)c1ccccc1OCCOc1c(C)cccc1C. The van der Waals surface area contributed by atoms with E-state index < -0.39 is 0 Å². The molecule has 0 unspecified atom stereocenters. The summed E-state index contributed by atoms with van der Waals surface area (Å²) in [7, 11) is 0. The minimum absolute atomic E-state index is 0.00117. The summed E-state index contributed by atoms with van der Waals surface area (Å²) in [6.45, 7) is 6.42. The molecule has 0 amide bonds. The van der Waals surface area contributed by atoms with E-state index in [1.807, 2.05) is 44.2 Å². The summed E-state index contributed by atoms with van der Waals surface area (Å²) in [4.78, 5) is 11.5. The van der Waals surface area contributed by atoms with Crippen molar-refractivity contribution < 1.29 is 14.3 Å². The van der Waals surface area contributed by atoms with Crippen molar-refractivity contribution in [3.63, 3.8) is 0 Å². The number of hydrogen-bond acceptors (Lipinski definition) is 3. The Labute approximate surface area is 125 Å². The lowest BCUT2D eigenvalue weighted by molar-refractivity contribution is 0.101. The molecule has 21 heavy (non-hydrogen) atoms. The van der Waals surface area contributed by atoms with Crippen LogP contribution in [0.15, 0.2) is 42.5 Å². The Morgan fingerprint density at radius 2 is 1.52 bits per heavy atom. The number of para-hydroxylation sites is 2. The van der Waals surface area contributed by atoms with Crippen LogP contribution in [-0.4, -0.2) is 19.0 Å². The lowest BCUT2D eigenvalue weighted by Gasteiger charge is -2.13. The molecule has 0 saturated carbocycles. The molecule has 0 fully saturated rings. The first-order chi connectivity index (χ1) is 10.1. The molecule has 0 atom stereocenters. The number of rotatable bonds is 6. The van der Waals surface area contributed by atoms with Crippen molar-refractivity contribution in [3.8, 4) is 11.5 Å². The summed E-state index contributed by atoms with van der Waals surface area (Å²) in [5.41, 5.74) is 2.82. The van der Waals surface area contributed by atoms with Gasteiger partial charge in [0.05, 0.1) is 5.56 Å². The van der Waals surface area contributed by atoms with Gasteiger partial charge in [0, 0.05) is 0 Å². The molecule has 0 saturated heterocycles. The largest absolute Gasteiger partial charge is 0.489 e. The van der Waals surface area contributed by atoms with E-state index in [0.717, 1.165) is 16.9 Å². The predicted octanol–water partition coefficient (Wildman–Crippen LogP) is 3.96. The molecule has 2 rings (SSSR count). The van der Waals surface area contributed by atoms with E-state index in [-0.39, 0.29) is 5.78 Å². The van der Waals surface area contributed by atoms with Crippen LogP contribution in [-0.2, 0) is 0 Å². The topological polar surface area (TPSA) is 35.5 Å². The van der Waals surface area contributed by atoms with E-state index in [1.54, 1.807) is 12.1 Å². The monoisotopic (exact) mass is 284 g/mol. The first kappa shape index (κ1) is 15.1. The maximum absolute atomic E-state index is 11.5. The van der Waals surface area contributed by atoms with Gasteiger partial charge in [-0.1, -0.05) is 30.3 Å². The van der Waals surface area contributed by atoms with Crippen molar-refractivity contribution in [2.45, 2.75) is 20.8 Å². The van der Waals surface area contributed by atoms with Crippen LogP contribution in [0.2, 0.25) is 0 Å². The highest BCUT2D eigenvalue weighted by Crippen LogP contribution is 2.22. The van der Waals surface area contributed by atoms with Crippen LogP contribution >= 0.6 is 0 Å². The maximum atomic E-state index is 11.5. The normalized spacial score (nSPS) is 10.2. The van der Waals surface area contributed by atoms with E-state index in [0.29, 0.717) is 24.5 Å². The first-order valence-electron chi connectivity index (χ1n) is 7.01. The van der Waals surface area contributed by atoms with Crippen LogP contribution in [0.5, 0.6) is 11.5 Å². The number of Topliss-reactive ketones (excluding diaryl/α,β-unsaturated/α-hetero) is 1. The Morgan fingerprint density at radius 1 is 0.905 bits per heavy atom. The van der Waals surface area contributed by atoms with Gasteiger partial charge < -0.3 is 9.47 Å². The smallest absolute Gasteiger partial charge is 0.163 e. The molecule has 0 aliphatic carbocycles. The first-order valence-corrected chi connectivity index (χ1v) is 7.01. The third-order valence-corrected chi connectivity index (χ3v) is 3.26. The van der Waals surface area contributed by atoms with Gasteiger partial charge in [-0.25, -0.2) is 0 Å². The predicted molar refractivity (Wildman–Crippen MR) is 83.4 cm³/mol. The molecule has 0 aliphatic rings. The van der Waals surface area contributed by atoms with Crippen molar-refractivity contribution in [2.24, 2.45) is 0 Å². The molecular weight excluding hydrogens is 264 g/mol. The number of benzene rings is 2. The van der Waals surface area contributed by atoms with Gasteiger partial charge in [-0.3, -0.25) is 4.79 Å². The van der Waals surface area contributed by atoms with Gasteiger partial charge in [-0.15, -0.1) is 0 Å². The van der Waals surface area contributed by atoms with Crippen molar-refractivity contribution in [1.29, 1.82) is 0 Å². The number of ketones is 1. The Bertz CT molecular complexity index is 612. The molecule has 0 spiro atoms. The number of carbonyl (C=O) groups is 1. The molecular formula is C18H20O3. The lowest BCUT2D eigenvalue weighted by Crippen LogP contribution is -2.11. The Balaban J connectivity index is 1.92. The van der Waals surface area contributed by atoms with Crippen molar-refractivity contribution in [2.75, 3.05) is 13.2 Å². The number of hydrogen-bond donors (Lipinski definition) is 0. The Morgan fingerprint density at radius 3 is 2.19 bits per heavy atom. The van der Waals surface area contributed by atoms with E-state index in [9.17, 15) is 4.79 Å². The van der Waals surface area contributed by atoms with Crippen LogP contribution in [0.25, 0.3) is 0 Å². The van der Waals surface area contributed by atoms with E-state index >= 15 is 0 Å². The fraction of sp³-hybridized carbons (Fsp3) is 0.278. The van der Waals surface area contributed by atoms with Crippen molar-refractivity contribution in [1.82, 2.24) is 0 Å². The molecule has 2 aromatic rings. The second-order valence-corrected chi connectivity index (χ2v) is 4.97. The summed E-state index contributed by atoms with van der Waals surface area (Å²) in [5, 5.41) is 0. The highest BCUT2D eigenvalue weighted by molar-refractivity contribution is 5.96. The zero-order valence-corrected chi connectivity index (χ0v) is 12.7. The van der Waals surface area contributed by atoms with Gasteiger partial charge in [0.1, 0.15) is 24.7 Å². The van der Waals surface area contributed by atoms with E-state index in [1.165, 1.54) is 6.92 Å². The average molecular weight is 284 g/mol. The van der Waals surface area contributed by atoms with E-state index in [2.05, 4.69) is 0 Å². The summed E-state index contributed by atoms with van der Waals surface area (Å²) in [6.07, 6.45) is 0. The van der Waals surface area contributed by atoms with Gasteiger partial charge >= 0.3 is 0 Å². The third kappa shape index (κ3) is 3.85. The highest BCUT2D eigenvalue weighted by atomic mass is 16.5. The lowest BCUT2D eigenvalue weighted by atomic mass is 10.1. The summed E-state index contributed by atoms with van der Waals surface area (Å²) in [5.74, 6) is 1.51. The molecule has 110 valence electrons. The molecule has 2 aromatic carbocycles. The van der Waals surface area contributed by atoms with Crippen molar-refractivity contribution >= 4 is 5.78 Å². The van der Waals surface area contributed by atoms with Gasteiger partial charge in [0.15, 0.2) is 5.78 Å². The molecule has 3 heteroatoms. The molecule has 0 radical (unpaired) electrons. The zero-order chi connectivity index (χ0) is 15.2. The van der Waals surface area contributed by atoms with Gasteiger partial charge in [0.25, 0.3) is 0 Å².